The smallest absolute Gasteiger partial charge is 0.0498 e. The van der Waals surface area contributed by atoms with Gasteiger partial charge in [-0.2, -0.15) is 0 Å². The average Bonchev–Trinajstić information content (AvgIpc) is 2.57. The minimum Gasteiger partial charge on any atom is -0.300 e. The first kappa shape index (κ1) is 17.4. The van der Waals surface area contributed by atoms with Gasteiger partial charge in [0.15, 0.2) is 0 Å². The predicted molar refractivity (Wildman–Crippen MR) is 106 cm³/mol. The predicted octanol–water partition coefficient (Wildman–Crippen LogP) is 5.40. The summed E-state index contributed by atoms with van der Waals surface area (Å²) in [5.74, 6) is 0.579. The highest BCUT2D eigenvalue weighted by molar-refractivity contribution is 6.77. The van der Waals surface area contributed by atoms with Crippen molar-refractivity contribution in [3.05, 3.63) is 53.9 Å². The number of nitrogens with zero attached hydrogens (tertiary/aromatic N) is 2. The highest BCUT2D eigenvalue weighted by atomic mass is 28.3. The Hall–Kier alpha value is -1.45. The van der Waals surface area contributed by atoms with Crippen molar-refractivity contribution in [1.29, 1.82) is 0 Å². The van der Waals surface area contributed by atoms with Gasteiger partial charge in [0.05, 0.1) is 0 Å². The molecule has 2 aromatic rings. The lowest BCUT2D eigenvalue weighted by molar-refractivity contribution is 0.281. The Balaban J connectivity index is 1.70. The normalized spacial score (nSPS) is 18.0. The summed E-state index contributed by atoms with van der Waals surface area (Å²) in [6.45, 7) is 13.1. The molecule has 1 aromatic carbocycles. The van der Waals surface area contributed by atoms with E-state index in [0.29, 0.717) is 5.92 Å². The summed E-state index contributed by atoms with van der Waals surface area (Å²) in [6.07, 6.45) is 4.02. The number of pyridine rings is 1. The van der Waals surface area contributed by atoms with Crippen LogP contribution in [0.5, 0.6) is 0 Å². The first-order valence-electron chi connectivity index (χ1n) is 9.20. The summed E-state index contributed by atoms with van der Waals surface area (Å²) >= 11 is 0. The maximum atomic E-state index is 4.49. The molecule has 2 nitrogen and oxygen atoms in total. The SMILES string of the molecule is CC(C)c1ccc(-c2cncc(CN3CC[Si](C)(C)CC3)c2)cc1. The van der Waals surface area contributed by atoms with Crippen molar-refractivity contribution in [1.82, 2.24) is 9.88 Å². The van der Waals surface area contributed by atoms with Crippen molar-refractivity contribution in [3.63, 3.8) is 0 Å². The van der Waals surface area contributed by atoms with E-state index >= 15 is 0 Å². The Labute approximate surface area is 147 Å². The van der Waals surface area contributed by atoms with Gasteiger partial charge in [0.25, 0.3) is 0 Å². The van der Waals surface area contributed by atoms with Gasteiger partial charge < -0.3 is 0 Å². The van der Waals surface area contributed by atoms with E-state index in [1.165, 1.54) is 47.4 Å². The van der Waals surface area contributed by atoms with Crippen molar-refractivity contribution in [2.75, 3.05) is 13.1 Å². The van der Waals surface area contributed by atoms with Gasteiger partial charge >= 0.3 is 0 Å². The summed E-state index contributed by atoms with van der Waals surface area (Å²) in [4.78, 5) is 7.09. The Morgan fingerprint density at radius 3 is 2.29 bits per heavy atom. The van der Waals surface area contributed by atoms with Crippen molar-refractivity contribution >= 4 is 8.07 Å². The van der Waals surface area contributed by atoms with Crippen molar-refractivity contribution in [2.24, 2.45) is 0 Å². The Morgan fingerprint density at radius 1 is 1.00 bits per heavy atom. The molecule has 1 aliphatic heterocycles. The molecule has 0 aliphatic carbocycles. The third kappa shape index (κ3) is 4.34. The van der Waals surface area contributed by atoms with Gasteiger partial charge in [-0.15, -0.1) is 0 Å². The topological polar surface area (TPSA) is 16.1 Å². The molecule has 3 rings (SSSR count). The minimum atomic E-state index is -0.885. The van der Waals surface area contributed by atoms with Gasteiger partial charge in [0.2, 0.25) is 0 Å². The molecule has 128 valence electrons. The van der Waals surface area contributed by atoms with Crippen molar-refractivity contribution in [3.8, 4) is 11.1 Å². The fraction of sp³-hybridized carbons (Fsp3) is 0.476. The number of hydrogen-bond acceptors (Lipinski definition) is 2. The third-order valence-electron chi connectivity index (χ3n) is 5.32. The van der Waals surface area contributed by atoms with Crippen LogP contribution in [0.2, 0.25) is 25.2 Å². The number of aromatic nitrogens is 1. The summed E-state index contributed by atoms with van der Waals surface area (Å²) < 4.78 is 0. The van der Waals surface area contributed by atoms with E-state index < -0.39 is 8.07 Å². The molecule has 1 aliphatic rings. The molecule has 1 aromatic heterocycles. The van der Waals surface area contributed by atoms with Gasteiger partial charge in [-0.3, -0.25) is 9.88 Å². The summed E-state index contributed by atoms with van der Waals surface area (Å²) in [5, 5.41) is 0. The molecule has 24 heavy (non-hydrogen) atoms. The van der Waals surface area contributed by atoms with Gasteiger partial charge in [0, 0.05) is 32.6 Å². The molecule has 0 unspecified atom stereocenters. The zero-order chi connectivity index (χ0) is 17.2. The molecule has 0 spiro atoms. The van der Waals surface area contributed by atoms with E-state index in [-0.39, 0.29) is 0 Å². The molecule has 0 radical (unpaired) electrons. The number of hydrogen-bond donors (Lipinski definition) is 0. The fourth-order valence-electron chi connectivity index (χ4n) is 3.37. The van der Waals surface area contributed by atoms with Crippen LogP contribution in [0.25, 0.3) is 11.1 Å². The van der Waals surface area contributed by atoms with E-state index in [9.17, 15) is 0 Å². The lowest BCUT2D eigenvalue weighted by Crippen LogP contribution is -2.42. The van der Waals surface area contributed by atoms with E-state index in [1.54, 1.807) is 0 Å². The highest BCUT2D eigenvalue weighted by Crippen LogP contribution is 2.25. The van der Waals surface area contributed by atoms with E-state index in [2.05, 4.69) is 67.2 Å². The first-order chi connectivity index (χ1) is 11.4. The van der Waals surface area contributed by atoms with E-state index in [4.69, 9.17) is 0 Å². The van der Waals surface area contributed by atoms with Crippen molar-refractivity contribution < 1.29 is 0 Å². The van der Waals surface area contributed by atoms with Gasteiger partial charge in [-0.25, -0.2) is 0 Å². The van der Waals surface area contributed by atoms with Crippen LogP contribution in [0.3, 0.4) is 0 Å². The Kier molecular flexibility index (Phi) is 5.21. The van der Waals surface area contributed by atoms with Crippen LogP contribution < -0.4 is 0 Å². The minimum absolute atomic E-state index is 0.579. The molecule has 1 saturated heterocycles. The number of rotatable bonds is 4. The van der Waals surface area contributed by atoms with Crippen LogP contribution in [0.1, 0.15) is 30.9 Å². The Bertz CT molecular complexity index is 666. The summed E-state index contributed by atoms with van der Waals surface area (Å²) in [6, 6.07) is 14.1. The molecule has 0 saturated carbocycles. The second kappa shape index (κ2) is 7.20. The maximum Gasteiger partial charge on any atom is 0.0498 e. The highest BCUT2D eigenvalue weighted by Gasteiger charge is 2.27. The van der Waals surface area contributed by atoms with Crippen LogP contribution >= 0.6 is 0 Å². The lowest BCUT2D eigenvalue weighted by atomic mass is 9.99. The van der Waals surface area contributed by atoms with Crippen LogP contribution in [-0.4, -0.2) is 31.0 Å². The van der Waals surface area contributed by atoms with Crippen LogP contribution in [0.4, 0.5) is 0 Å². The average molecular weight is 339 g/mol. The summed E-state index contributed by atoms with van der Waals surface area (Å²) in [5.41, 5.74) is 5.22. The molecule has 3 heteroatoms. The van der Waals surface area contributed by atoms with Crippen LogP contribution in [0, 0.1) is 0 Å². The fourth-order valence-corrected chi connectivity index (χ4v) is 5.46. The number of benzene rings is 1. The molecule has 0 amide bonds. The molecule has 1 fully saturated rings. The molecule has 2 heterocycles. The first-order valence-corrected chi connectivity index (χ1v) is 12.6. The second-order valence-corrected chi connectivity index (χ2v) is 13.6. The zero-order valence-corrected chi connectivity index (χ0v) is 16.5. The monoisotopic (exact) mass is 338 g/mol. The standard InChI is InChI=1S/C21H30N2Si/c1-17(2)19-5-7-20(8-6-19)21-13-18(14-22-15-21)16-23-9-11-24(3,4)12-10-23/h5-8,13-15,17H,9-12,16H2,1-4H3. The molecule has 0 bridgehead atoms. The summed E-state index contributed by atoms with van der Waals surface area (Å²) in [7, 11) is -0.885. The van der Waals surface area contributed by atoms with E-state index in [1.807, 2.05) is 12.4 Å². The third-order valence-corrected chi connectivity index (χ3v) is 8.48. The van der Waals surface area contributed by atoms with Crippen LogP contribution in [-0.2, 0) is 6.54 Å². The Morgan fingerprint density at radius 2 is 1.67 bits per heavy atom. The van der Waals surface area contributed by atoms with Crippen molar-refractivity contribution in [2.45, 2.75) is 51.5 Å². The molecule has 0 atom stereocenters. The lowest BCUT2D eigenvalue weighted by Gasteiger charge is -2.35. The van der Waals surface area contributed by atoms with Crippen LogP contribution in [0.15, 0.2) is 42.7 Å². The van der Waals surface area contributed by atoms with E-state index in [0.717, 1.165) is 6.54 Å². The maximum absolute atomic E-state index is 4.49. The van der Waals surface area contributed by atoms with Gasteiger partial charge in [-0.05, 0) is 53.9 Å². The quantitative estimate of drug-likeness (QED) is 0.694. The van der Waals surface area contributed by atoms with Gasteiger partial charge in [-0.1, -0.05) is 51.2 Å². The molecular weight excluding hydrogens is 308 g/mol. The van der Waals surface area contributed by atoms with Gasteiger partial charge in [0.1, 0.15) is 0 Å². The molecular formula is C21H30N2Si. The zero-order valence-electron chi connectivity index (χ0n) is 15.5. The largest absolute Gasteiger partial charge is 0.300 e. The second-order valence-electron chi connectivity index (χ2n) is 8.30. The molecule has 0 N–H and O–H groups in total.